The molecule has 7 atom stereocenters. The summed E-state index contributed by atoms with van der Waals surface area (Å²) in [5.74, 6) is -0.0659. The number of aliphatic hydroxyl groups excluding tert-OH is 3. The van der Waals surface area contributed by atoms with E-state index in [0.29, 0.717) is 0 Å². The van der Waals surface area contributed by atoms with Gasteiger partial charge in [0.2, 0.25) is 0 Å². The summed E-state index contributed by atoms with van der Waals surface area (Å²) in [5, 5.41) is 29.9. The van der Waals surface area contributed by atoms with Crippen molar-refractivity contribution >= 4 is 5.97 Å². The summed E-state index contributed by atoms with van der Waals surface area (Å²) in [6.45, 7) is 3.79. The largest absolute Gasteiger partial charge is 0.469 e. The van der Waals surface area contributed by atoms with Crippen LogP contribution in [0.1, 0.15) is 20.3 Å². The van der Waals surface area contributed by atoms with E-state index < -0.39 is 22.3 Å². The Balaban J connectivity index is 1.99. The second-order valence-electron chi connectivity index (χ2n) is 6.88. The summed E-state index contributed by atoms with van der Waals surface area (Å²) in [5.41, 5.74) is -1.38. The molecule has 0 aromatic heterocycles. The molecule has 4 fully saturated rings. The molecule has 4 aliphatic rings. The predicted octanol–water partition coefficient (Wildman–Crippen LogP) is -0.217. The van der Waals surface area contributed by atoms with Gasteiger partial charge in [-0.1, -0.05) is 13.8 Å². The number of aliphatic hydroxyl groups is 3. The van der Waals surface area contributed by atoms with Crippen molar-refractivity contribution in [2.24, 2.45) is 34.0 Å². The highest BCUT2D eigenvalue weighted by Crippen LogP contribution is 2.93. The minimum absolute atomic E-state index is 0.00856. The fraction of sp³-hybridized carbons (Fsp3) is 0.929. The maximum atomic E-state index is 11.6. The molecule has 4 rings (SSSR count). The quantitative estimate of drug-likeness (QED) is 0.615. The molecular weight excluding hydrogens is 248 g/mol. The van der Waals surface area contributed by atoms with Crippen LogP contribution >= 0.6 is 0 Å². The normalized spacial score (nSPS) is 57.4. The lowest BCUT2D eigenvalue weighted by Crippen LogP contribution is -2.44. The first-order valence-electron chi connectivity index (χ1n) is 6.83. The summed E-state index contributed by atoms with van der Waals surface area (Å²) in [6, 6.07) is 0. The predicted molar refractivity (Wildman–Crippen MR) is 65.9 cm³/mol. The van der Waals surface area contributed by atoms with E-state index in [1.807, 2.05) is 13.8 Å². The van der Waals surface area contributed by atoms with Crippen LogP contribution < -0.4 is 0 Å². The van der Waals surface area contributed by atoms with Gasteiger partial charge >= 0.3 is 5.97 Å². The van der Waals surface area contributed by atoms with Gasteiger partial charge in [-0.15, -0.1) is 0 Å². The van der Waals surface area contributed by atoms with Gasteiger partial charge < -0.3 is 20.1 Å². The third-order valence-electron chi connectivity index (χ3n) is 6.92. The van der Waals surface area contributed by atoms with Gasteiger partial charge in [0.1, 0.15) is 0 Å². The van der Waals surface area contributed by atoms with E-state index >= 15 is 0 Å². The van der Waals surface area contributed by atoms with Crippen LogP contribution in [0.3, 0.4) is 0 Å². The number of ether oxygens (including phenoxy) is 1. The minimum Gasteiger partial charge on any atom is -0.469 e. The van der Waals surface area contributed by atoms with Gasteiger partial charge in [-0.05, 0) is 17.8 Å². The van der Waals surface area contributed by atoms with Gasteiger partial charge in [-0.25, -0.2) is 0 Å². The molecule has 0 aromatic carbocycles. The second kappa shape index (κ2) is 3.51. The molecule has 4 saturated carbocycles. The first kappa shape index (κ1) is 13.3. The lowest BCUT2D eigenvalue weighted by atomic mass is 9.64. The molecule has 7 unspecified atom stereocenters. The molecule has 0 aliphatic heterocycles. The van der Waals surface area contributed by atoms with E-state index in [0.717, 1.165) is 0 Å². The Morgan fingerprint density at radius 3 is 2.32 bits per heavy atom. The van der Waals surface area contributed by atoms with Crippen LogP contribution in [0.2, 0.25) is 0 Å². The third kappa shape index (κ3) is 1.02. The van der Waals surface area contributed by atoms with E-state index in [1.54, 1.807) is 0 Å². The summed E-state index contributed by atoms with van der Waals surface area (Å²) in [4.78, 5) is 11.6. The third-order valence-corrected chi connectivity index (χ3v) is 6.92. The molecule has 0 saturated heterocycles. The smallest absolute Gasteiger partial charge is 0.305 e. The van der Waals surface area contributed by atoms with Crippen molar-refractivity contribution in [3.05, 3.63) is 0 Å². The van der Waals surface area contributed by atoms with Crippen molar-refractivity contribution < 1.29 is 24.9 Å². The first-order chi connectivity index (χ1) is 8.86. The standard InChI is InChI=1S/C14H22O5/c1-12(5-15)9-7(4-8(17)19-3)14(10(9)11(14)18)13(12,2)6-16/h7,9-11,15-16,18H,4-6H2,1-3H3. The number of rotatable bonds is 4. The average molecular weight is 270 g/mol. The van der Waals surface area contributed by atoms with Gasteiger partial charge in [-0.2, -0.15) is 0 Å². The summed E-state index contributed by atoms with van der Waals surface area (Å²) in [7, 11) is 1.36. The van der Waals surface area contributed by atoms with Crippen LogP contribution in [0.15, 0.2) is 0 Å². The van der Waals surface area contributed by atoms with Crippen LogP contribution in [0.5, 0.6) is 0 Å². The summed E-state index contributed by atoms with van der Waals surface area (Å²) in [6.07, 6.45) is -0.191. The highest BCUT2D eigenvalue weighted by atomic mass is 16.5. The fourth-order valence-corrected chi connectivity index (χ4v) is 5.77. The molecule has 0 radical (unpaired) electrons. The minimum atomic E-state index is -0.539. The van der Waals surface area contributed by atoms with Crippen molar-refractivity contribution in [3.63, 3.8) is 0 Å². The highest BCUT2D eigenvalue weighted by Gasteiger charge is 2.96. The molecule has 4 aliphatic carbocycles. The lowest BCUT2D eigenvalue weighted by molar-refractivity contribution is -0.144. The van der Waals surface area contributed by atoms with Crippen molar-refractivity contribution in [1.29, 1.82) is 0 Å². The van der Waals surface area contributed by atoms with Gasteiger partial charge in [0.15, 0.2) is 0 Å². The van der Waals surface area contributed by atoms with E-state index in [-0.39, 0.29) is 43.4 Å². The van der Waals surface area contributed by atoms with Crippen LogP contribution in [-0.4, -0.2) is 47.7 Å². The molecule has 0 amide bonds. The molecule has 3 N–H and O–H groups in total. The zero-order valence-corrected chi connectivity index (χ0v) is 11.6. The topological polar surface area (TPSA) is 87.0 Å². The van der Waals surface area contributed by atoms with Crippen LogP contribution in [0, 0.1) is 34.0 Å². The monoisotopic (exact) mass is 270 g/mol. The summed E-state index contributed by atoms with van der Waals surface area (Å²) < 4.78 is 4.74. The second-order valence-corrected chi connectivity index (χ2v) is 6.88. The number of hydrogen-bond donors (Lipinski definition) is 3. The summed E-state index contributed by atoms with van der Waals surface area (Å²) >= 11 is 0. The van der Waals surface area contributed by atoms with Gasteiger partial charge in [0, 0.05) is 35.9 Å². The van der Waals surface area contributed by atoms with E-state index in [2.05, 4.69) is 0 Å². The number of hydrogen-bond acceptors (Lipinski definition) is 5. The number of carbonyl (C=O) groups is 1. The van der Waals surface area contributed by atoms with E-state index in [4.69, 9.17) is 4.74 Å². The molecule has 2 bridgehead atoms. The van der Waals surface area contributed by atoms with Crippen LogP contribution in [0.25, 0.3) is 0 Å². The molecule has 5 nitrogen and oxygen atoms in total. The number of esters is 1. The molecule has 108 valence electrons. The van der Waals surface area contributed by atoms with Crippen LogP contribution in [0.4, 0.5) is 0 Å². The molecular formula is C14H22O5. The SMILES string of the molecule is COC(=O)CC1C2C3C(O)C13C(C)(CO)C2(C)CO. The Morgan fingerprint density at radius 2 is 1.84 bits per heavy atom. The Kier molecular flexibility index (Phi) is 2.46. The van der Waals surface area contributed by atoms with Crippen LogP contribution in [-0.2, 0) is 9.53 Å². The van der Waals surface area contributed by atoms with Gasteiger partial charge in [0.25, 0.3) is 0 Å². The number of fused-ring (bicyclic) bond motifs is 1. The van der Waals surface area contributed by atoms with E-state index in [9.17, 15) is 20.1 Å². The zero-order chi connectivity index (χ0) is 14.2. The Morgan fingerprint density at radius 1 is 1.21 bits per heavy atom. The molecule has 5 heteroatoms. The fourth-order valence-electron chi connectivity index (χ4n) is 5.77. The maximum Gasteiger partial charge on any atom is 0.305 e. The van der Waals surface area contributed by atoms with Gasteiger partial charge in [-0.3, -0.25) is 4.79 Å². The highest BCUT2D eigenvalue weighted by molar-refractivity contribution is 5.71. The first-order valence-corrected chi connectivity index (χ1v) is 6.83. The molecule has 0 heterocycles. The average Bonchev–Trinajstić information content (AvgIpc) is 2.79. The number of carbonyl (C=O) groups excluding carboxylic acids is 1. The van der Waals surface area contributed by atoms with E-state index in [1.165, 1.54) is 7.11 Å². The van der Waals surface area contributed by atoms with Crippen molar-refractivity contribution in [1.82, 2.24) is 0 Å². The van der Waals surface area contributed by atoms with Gasteiger partial charge in [0.05, 0.1) is 13.2 Å². The lowest BCUT2D eigenvalue weighted by Gasteiger charge is -2.41. The Hall–Kier alpha value is -0.650. The van der Waals surface area contributed by atoms with Crippen molar-refractivity contribution in [2.75, 3.05) is 20.3 Å². The number of methoxy groups -OCH3 is 1. The zero-order valence-electron chi connectivity index (χ0n) is 11.6. The van der Waals surface area contributed by atoms with Crippen molar-refractivity contribution in [3.8, 4) is 0 Å². The Bertz CT molecular complexity index is 438. The molecule has 1 spiro atoms. The molecule has 19 heavy (non-hydrogen) atoms. The maximum absolute atomic E-state index is 11.6. The van der Waals surface area contributed by atoms with Crippen molar-refractivity contribution in [2.45, 2.75) is 26.4 Å². The Labute approximate surface area is 112 Å². The molecule has 0 aromatic rings.